The highest BCUT2D eigenvalue weighted by Crippen LogP contribution is 2.22. The van der Waals surface area contributed by atoms with E-state index in [1.807, 2.05) is 0 Å². The Morgan fingerprint density at radius 1 is 1.35 bits per heavy atom. The van der Waals surface area contributed by atoms with Crippen LogP contribution < -0.4 is 10.2 Å². The van der Waals surface area contributed by atoms with Crippen molar-refractivity contribution in [2.24, 2.45) is 5.92 Å². The van der Waals surface area contributed by atoms with Crippen molar-refractivity contribution < 1.29 is 0 Å². The largest absolute Gasteiger partial charge is 0.370 e. The third-order valence-corrected chi connectivity index (χ3v) is 4.30. The van der Waals surface area contributed by atoms with Crippen LogP contribution in [0.4, 0.5) is 5.69 Å². The molecule has 1 aliphatic rings. The minimum absolute atomic E-state index is 0.341. The van der Waals surface area contributed by atoms with Crippen molar-refractivity contribution in [3.63, 3.8) is 0 Å². The summed E-state index contributed by atoms with van der Waals surface area (Å²) in [6, 6.07) is 4.76. The summed E-state index contributed by atoms with van der Waals surface area (Å²) < 4.78 is 0. The van der Waals surface area contributed by atoms with Crippen LogP contribution in [0.1, 0.15) is 58.2 Å². The van der Waals surface area contributed by atoms with Gasteiger partial charge in [0.1, 0.15) is 0 Å². The topological polar surface area (TPSA) is 28.2 Å². The fourth-order valence-corrected chi connectivity index (χ4v) is 2.83. The minimum Gasteiger partial charge on any atom is -0.370 e. The Kier molecular flexibility index (Phi) is 5.84. The van der Waals surface area contributed by atoms with E-state index in [1.54, 1.807) is 0 Å². The molecule has 2 atom stereocenters. The van der Waals surface area contributed by atoms with Crippen molar-refractivity contribution in [3.8, 4) is 0 Å². The van der Waals surface area contributed by atoms with Crippen LogP contribution in [0.2, 0.25) is 0 Å². The first-order valence-electron chi connectivity index (χ1n) is 8.15. The summed E-state index contributed by atoms with van der Waals surface area (Å²) in [6.45, 7) is 10.1. The Labute approximate surface area is 123 Å². The van der Waals surface area contributed by atoms with Gasteiger partial charge in [-0.25, -0.2) is 0 Å². The number of pyridine rings is 1. The molecule has 0 saturated carbocycles. The van der Waals surface area contributed by atoms with Crippen molar-refractivity contribution >= 4 is 5.69 Å². The third kappa shape index (κ3) is 4.20. The number of hydrogen-bond donors (Lipinski definition) is 1. The van der Waals surface area contributed by atoms with Crippen molar-refractivity contribution in [2.75, 3.05) is 24.5 Å². The highest BCUT2D eigenvalue weighted by Gasteiger charge is 2.14. The van der Waals surface area contributed by atoms with Crippen LogP contribution in [0.3, 0.4) is 0 Å². The summed E-state index contributed by atoms with van der Waals surface area (Å²) in [7, 11) is 0. The maximum absolute atomic E-state index is 4.65. The quantitative estimate of drug-likeness (QED) is 0.886. The number of nitrogens with one attached hydrogen (secondary N) is 1. The molecule has 0 radical (unpaired) electrons. The van der Waals surface area contributed by atoms with Gasteiger partial charge in [-0.15, -0.1) is 0 Å². The average Bonchev–Trinajstić information content (AvgIpc) is 2.70. The number of rotatable bonds is 5. The summed E-state index contributed by atoms with van der Waals surface area (Å²) in [4.78, 5) is 7.14. The van der Waals surface area contributed by atoms with Gasteiger partial charge in [-0.3, -0.25) is 4.98 Å². The lowest BCUT2D eigenvalue weighted by Gasteiger charge is -2.23. The van der Waals surface area contributed by atoms with E-state index in [0.717, 1.165) is 24.6 Å². The van der Waals surface area contributed by atoms with Gasteiger partial charge in [0.2, 0.25) is 0 Å². The van der Waals surface area contributed by atoms with Crippen LogP contribution in [0, 0.1) is 5.92 Å². The number of hydrogen-bond acceptors (Lipinski definition) is 3. The van der Waals surface area contributed by atoms with E-state index in [2.05, 4.69) is 54.3 Å². The van der Waals surface area contributed by atoms with E-state index in [9.17, 15) is 0 Å². The van der Waals surface area contributed by atoms with Gasteiger partial charge in [0.05, 0.1) is 17.6 Å². The second-order valence-electron chi connectivity index (χ2n) is 6.14. The maximum atomic E-state index is 4.65. The lowest BCUT2D eigenvalue weighted by Crippen LogP contribution is -2.25. The first-order valence-corrected chi connectivity index (χ1v) is 8.15. The number of aromatic nitrogens is 1. The fourth-order valence-electron chi connectivity index (χ4n) is 2.83. The van der Waals surface area contributed by atoms with Gasteiger partial charge in [0.15, 0.2) is 0 Å². The molecule has 0 spiro atoms. The first-order chi connectivity index (χ1) is 9.70. The van der Waals surface area contributed by atoms with E-state index in [4.69, 9.17) is 0 Å². The normalized spacial score (nSPS) is 21.6. The van der Waals surface area contributed by atoms with Gasteiger partial charge in [0.25, 0.3) is 0 Å². The van der Waals surface area contributed by atoms with Crippen LogP contribution in [0.15, 0.2) is 18.3 Å². The van der Waals surface area contributed by atoms with Gasteiger partial charge in [-0.1, -0.05) is 13.8 Å². The van der Waals surface area contributed by atoms with Gasteiger partial charge < -0.3 is 10.2 Å². The summed E-state index contributed by atoms with van der Waals surface area (Å²) in [5.74, 6) is 0.866. The van der Waals surface area contributed by atoms with Crippen LogP contribution in [-0.4, -0.2) is 24.6 Å². The predicted molar refractivity (Wildman–Crippen MR) is 86.2 cm³/mol. The molecule has 2 heterocycles. The molecular weight excluding hydrogens is 246 g/mol. The van der Waals surface area contributed by atoms with Crippen molar-refractivity contribution in [1.29, 1.82) is 0 Å². The van der Waals surface area contributed by atoms with Crippen molar-refractivity contribution in [3.05, 3.63) is 24.0 Å². The van der Waals surface area contributed by atoms with E-state index < -0.39 is 0 Å². The standard InChI is InChI=1S/C17H29N3/c1-4-10-18-15(3)17-8-7-16(13-19-17)20-11-5-6-14(2)9-12-20/h7-8,13-15,18H,4-6,9-12H2,1-3H3. The summed E-state index contributed by atoms with van der Waals surface area (Å²) in [5.41, 5.74) is 2.43. The molecule has 1 fully saturated rings. The Hall–Kier alpha value is -1.09. The molecule has 3 nitrogen and oxygen atoms in total. The molecule has 1 aromatic rings. The minimum atomic E-state index is 0.341. The van der Waals surface area contributed by atoms with Crippen LogP contribution in [0.25, 0.3) is 0 Å². The number of nitrogens with zero attached hydrogens (tertiary/aromatic N) is 2. The zero-order chi connectivity index (χ0) is 14.4. The molecule has 20 heavy (non-hydrogen) atoms. The van der Waals surface area contributed by atoms with Crippen LogP contribution >= 0.6 is 0 Å². The van der Waals surface area contributed by atoms with Crippen molar-refractivity contribution in [1.82, 2.24) is 10.3 Å². The average molecular weight is 275 g/mol. The fraction of sp³-hybridized carbons (Fsp3) is 0.706. The molecule has 2 rings (SSSR count). The summed E-state index contributed by atoms with van der Waals surface area (Å²) in [5, 5.41) is 3.49. The van der Waals surface area contributed by atoms with E-state index >= 15 is 0 Å². The molecular formula is C17H29N3. The van der Waals surface area contributed by atoms with Gasteiger partial charge >= 0.3 is 0 Å². The SMILES string of the molecule is CCCNC(C)c1ccc(N2CCCC(C)CC2)cn1. The number of anilines is 1. The summed E-state index contributed by atoms with van der Waals surface area (Å²) in [6.07, 6.45) is 7.18. The molecule has 0 aliphatic carbocycles. The molecule has 1 saturated heterocycles. The van der Waals surface area contributed by atoms with Crippen molar-refractivity contribution in [2.45, 2.75) is 52.5 Å². The van der Waals surface area contributed by atoms with E-state index in [0.29, 0.717) is 6.04 Å². The predicted octanol–water partition coefficient (Wildman–Crippen LogP) is 3.77. The molecule has 3 heteroatoms. The monoisotopic (exact) mass is 275 g/mol. The first kappa shape index (κ1) is 15.3. The third-order valence-electron chi connectivity index (χ3n) is 4.30. The zero-order valence-corrected chi connectivity index (χ0v) is 13.2. The highest BCUT2D eigenvalue weighted by atomic mass is 15.1. The molecule has 0 aromatic carbocycles. The Balaban J connectivity index is 1.96. The lowest BCUT2D eigenvalue weighted by molar-refractivity contribution is 0.521. The Morgan fingerprint density at radius 2 is 2.20 bits per heavy atom. The second kappa shape index (κ2) is 7.63. The summed E-state index contributed by atoms with van der Waals surface area (Å²) >= 11 is 0. The highest BCUT2D eigenvalue weighted by molar-refractivity contribution is 5.44. The Morgan fingerprint density at radius 3 is 2.90 bits per heavy atom. The molecule has 1 aliphatic heterocycles. The molecule has 1 aromatic heterocycles. The van der Waals surface area contributed by atoms with Gasteiger partial charge in [-0.05, 0) is 57.2 Å². The molecule has 0 bridgehead atoms. The second-order valence-corrected chi connectivity index (χ2v) is 6.14. The van der Waals surface area contributed by atoms with Crippen LogP contribution in [0.5, 0.6) is 0 Å². The zero-order valence-electron chi connectivity index (χ0n) is 13.2. The van der Waals surface area contributed by atoms with Gasteiger partial charge in [-0.2, -0.15) is 0 Å². The van der Waals surface area contributed by atoms with E-state index in [-0.39, 0.29) is 0 Å². The molecule has 1 N–H and O–H groups in total. The van der Waals surface area contributed by atoms with Crippen LogP contribution in [-0.2, 0) is 0 Å². The molecule has 112 valence electrons. The maximum Gasteiger partial charge on any atom is 0.0572 e. The van der Waals surface area contributed by atoms with Gasteiger partial charge in [0, 0.05) is 19.1 Å². The smallest absolute Gasteiger partial charge is 0.0572 e. The molecule has 0 amide bonds. The lowest BCUT2D eigenvalue weighted by atomic mass is 10.0. The van der Waals surface area contributed by atoms with E-state index in [1.165, 1.54) is 38.0 Å². The Bertz CT molecular complexity index is 388. The molecule has 2 unspecified atom stereocenters.